The minimum absolute atomic E-state index is 0.217. The van der Waals surface area contributed by atoms with Crippen molar-refractivity contribution in [1.29, 1.82) is 0 Å². The summed E-state index contributed by atoms with van der Waals surface area (Å²) in [7, 11) is 0. The second-order valence-electron chi connectivity index (χ2n) is 3.68. The molecule has 0 fully saturated rings. The summed E-state index contributed by atoms with van der Waals surface area (Å²) in [4.78, 5) is 4.33. The standard InChI is InChI=1S/C12H14N2O/c1-8-5-9-3-2-4-10(11(15)6-13)12(9)14-7-8/h2-5,7,11,15H,6,13H2,1H3. The molecule has 0 aliphatic rings. The van der Waals surface area contributed by atoms with E-state index in [1.54, 1.807) is 6.20 Å². The van der Waals surface area contributed by atoms with Crippen molar-refractivity contribution >= 4 is 10.9 Å². The van der Waals surface area contributed by atoms with Crippen molar-refractivity contribution in [2.24, 2.45) is 5.73 Å². The quantitative estimate of drug-likeness (QED) is 0.776. The van der Waals surface area contributed by atoms with Crippen molar-refractivity contribution in [2.75, 3.05) is 6.54 Å². The lowest BCUT2D eigenvalue weighted by Crippen LogP contribution is -2.12. The molecule has 0 amide bonds. The Bertz CT molecular complexity index is 482. The molecule has 15 heavy (non-hydrogen) atoms. The van der Waals surface area contributed by atoms with Gasteiger partial charge in [0.1, 0.15) is 0 Å². The molecule has 0 saturated carbocycles. The summed E-state index contributed by atoms with van der Waals surface area (Å²) >= 11 is 0. The van der Waals surface area contributed by atoms with E-state index in [9.17, 15) is 5.11 Å². The number of fused-ring (bicyclic) bond motifs is 1. The fourth-order valence-corrected chi connectivity index (χ4v) is 1.69. The van der Waals surface area contributed by atoms with Crippen molar-refractivity contribution in [3.05, 3.63) is 41.6 Å². The van der Waals surface area contributed by atoms with E-state index < -0.39 is 6.10 Å². The van der Waals surface area contributed by atoms with Gasteiger partial charge in [0, 0.05) is 23.7 Å². The molecule has 0 aliphatic heterocycles. The number of hydrogen-bond donors (Lipinski definition) is 2. The topological polar surface area (TPSA) is 59.1 Å². The Labute approximate surface area is 88.6 Å². The molecule has 2 aromatic rings. The Kier molecular flexibility index (Phi) is 2.66. The molecule has 1 heterocycles. The van der Waals surface area contributed by atoms with Crippen LogP contribution in [0.2, 0.25) is 0 Å². The van der Waals surface area contributed by atoms with Crippen LogP contribution in [0.4, 0.5) is 0 Å². The van der Waals surface area contributed by atoms with Gasteiger partial charge in [0.2, 0.25) is 0 Å². The third-order valence-electron chi connectivity index (χ3n) is 2.46. The van der Waals surface area contributed by atoms with E-state index >= 15 is 0 Å². The first-order chi connectivity index (χ1) is 7.22. The van der Waals surface area contributed by atoms with Gasteiger partial charge in [0.15, 0.2) is 0 Å². The van der Waals surface area contributed by atoms with Crippen LogP contribution in [-0.2, 0) is 0 Å². The number of hydrogen-bond acceptors (Lipinski definition) is 3. The normalized spacial score (nSPS) is 13.0. The maximum Gasteiger partial charge on any atom is 0.0933 e. The summed E-state index contributed by atoms with van der Waals surface area (Å²) in [6.07, 6.45) is 1.17. The van der Waals surface area contributed by atoms with Crippen molar-refractivity contribution in [2.45, 2.75) is 13.0 Å². The molecule has 0 radical (unpaired) electrons. The van der Waals surface area contributed by atoms with Gasteiger partial charge in [-0.2, -0.15) is 0 Å². The fraction of sp³-hybridized carbons (Fsp3) is 0.250. The van der Waals surface area contributed by atoms with Gasteiger partial charge < -0.3 is 10.8 Å². The summed E-state index contributed by atoms with van der Waals surface area (Å²) in [5.74, 6) is 0. The lowest BCUT2D eigenvalue weighted by atomic mass is 10.0. The third kappa shape index (κ3) is 1.84. The van der Waals surface area contributed by atoms with Crippen LogP contribution < -0.4 is 5.73 Å². The maximum atomic E-state index is 9.73. The van der Waals surface area contributed by atoms with Gasteiger partial charge in [0.05, 0.1) is 11.6 Å². The molecule has 0 saturated heterocycles. The van der Waals surface area contributed by atoms with Crippen LogP contribution in [0, 0.1) is 6.92 Å². The Hall–Kier alpha value is -1.45. The van der Waals surface area contributed by atoms with Crippen LogP contribution in [0.1, 0.15) is 17.2 Å². The van der Waals surface area contributed by atoms with E-state index in [0.717, 1.165) is 22.0 Å². The van der Waals surface area contributed by atoms with E-state index in [1.807, 2.05) is 25.1 Å². The SMILES string of the molecule is Cc1cnc2c(C(O)CN)cccc2c1. The zero-order chi connectivity index (χ0) is 10.8. The average molecular weight is 202 g/mol. The van der Waals surface area contributed by atoms with Crippen LogP contribution in [0.5, 0.6) is 0 Å². The van der Waals surface area contributed by atoms with Crippen molar-refractivity contribution in [3.8, 4) is 0 Å². The smallest absolute Gasteiger partial charge is 0.0933 e. The zero-order valence-electron chi connectivity index (χ0n) is 8.64. The van der Waals surface area contributed by atoms with E-state index in [2.05, 4.69) is 11.1 Å². The molecular formula is C12H14N2O. The highest BCUT2D eigenvalue weighted by molar-refractivity contribution is 5.82. The van der Waals surface area contributed by atoms with Gasteiger partial charge in [-0.15, -0.1) is 0 Å². The van der Waals surface area contributed by atoms with E-state index in [-0.39, 0.29) is 6.54 Å². The minimum Gasteiger partial charge on any atom is -0.387 e. The number of nitrogens with two attached hydrogens (primary N) is 1. The number of para-hydroxylation sites is 1. The lowest BCUT2D eigenvalue weighted by molar-refractivity contribution is 0.188. The van der Waals surface area contributed by atoms with E-state index in [0.29, 0.717) is 0 Å². The molecule has 3 heteroatoms. The number of rotatable bonds is 2. The highest BCUT2D eigenvalue weighted by atomic mass is 16.3. The molecule has 1 aromatic carbocycles. The zero-order valence-corrected chi connectivity index (χ0v) is 8.64. The number of aryl methyl sites for hydroxylation is 1. The number of aromatic nitrogens is 1. The molecular weight excluding hydrogens is 188 g/mol. The summed E-state index contributed by atoms with van der Waals surface area (Å²) in [6, 6.07) is 7.82. The Morgan fingerprint density at radius 2 is 2.27 bits per heavy atom. The first-order valence-corrected chi connectivity index (χ1v) is 4.96. The molecule has 3 N–H and O–H groups in total. The summed E-state index contributed by atoms with van der Waals surface area (Å²) in [6.45, 7) is 2.22. The van der Waals surface area contributed by atoms with Crippen molar-refractivity contribution < 1.29 is 5.11 Å². The average Bonchev–Trinajstić information content (AvgIpc) is 2.26. The molecule has 78 valence electrons. The second kappa shape index (κ2) is 3.96. The van der Waals surface area contributed by atoms with E-state index in [1.165, 1.54) is 0 Å². The largest absolute Gasteiger partial charge is 0.387 e. The molecule has 0 aliphatic carbocycles. The van der Waals surface area contributed by atoms with Gasteiger partial charge in [-0.3, -0.25) is 4.98 Å². The molecule has 0 bridgehead atoms. The van der Waals surface area contributed by atoms with Gasteiger partial charge in [-0.1, -0.05) is 18.2 Å². The monoisotopic (exact) mass is 202 g/mol. The van der Waals surface area contributed by atoms with Crippen molar-refractivity contribution in [1.82, 2.24) is 4.98 Å². The fourth-order valence-electron chi connectivity index (χ4n) is 1.69. The van der Waals surface area contributed by atoms with E-state index in [4.69, 9.17) is 5.73 Å². The maximum absolute atomic E-state index is 9.73. The lowest BCUT2D eigenvalue weighted by Gasteiger charge is -2.10. The molecule has 2 rings (SSSR count). The predicted molar refractivity (Wildman–Crippen MR) is 60.5 cm³/mol. The number of benzene rings is 1. The van der Waals surface area contributed by atoms with Crippen molar-refractivity contribution in [3.63, 3.8) is 0 Å². The molecule has 1 atom stereocenters. The predicted octanol–water partition coefficient (Wildman–Crippen LogP) is 1.54. The number of pyridine rings is 1. The van der Waals surface area contributed by atoms with Gasteiger partial charge >= 0.3 is 0 Å². The first kappa shape index (κ1) is 10.1. The van der Waals surface area contributed by atoms with Gasteiger partial charge in [-0.05, 0) is 18.6 Å². The molecule has 3 nitrogen and oxygen atoms in total. The number of nitrogens with zero attached hydrogens (tertiary/aromatic N) is 1. The molecule has 1 aromatic heterocycles. The summed E-state index contributed by atoms with van der Waals surface area (Å²) in [5.41, 5.74) is 8.20. The summed E-state index contributed by atoms with van der Waals surface area (Å²) < 4.78 is 0. The highest BCUT2D eigenvalue weighted by Crippen LogP contribution is 2.22. The second-order valence-corrected chi connectivity index (χ2v) is 3.68. The number of aliphatic hydroxyl groups excluding tert-OH is 1. The minimum atomic E-state index is -0.635. The van der Waals surface area contributed by atoms with Gasteiger partial charge in [-0.25, -0.2) is 0 Å². The van der Waals surface area contributed by atoms with Crippen LogP contribution in [0.25, 0.3) is 10.9 Å². The van der Waals surface area contributed by atoms with Crippen LogP contribution in [0.15, 0.2) is 30.5 Å². The number of aliphatic hydroxyl groups is 1. The Morgan fingerprint density at radius 1 is 1.47 bits per heavy atom. The van der Waals surface area contributed by atoms with Crippen LogP contribution in [0.3, 0.4) is 0 Å². The van der Waals surface area contributed by atoms with Crippen LogP contribution >= 0.6 is 0 Å². The summed E-state index contributed by atoms with van der Waals surface area (Å²) in [5, 5.41) is 10.8. The van der Waals surface area contributed by atoms with Crippen LogP contribution in [-0.4, -0.2) is 16.6 Å². The Balaban J connectivity index is 2.66. The molecule has 1 unspecified atom stereocenters. The third-order valence-corrected chi connectivity index (χ3v) is 2.46. The Morgan fingerprint density at radius 3 is 3.00 bits per heavy atom. The van der Waals surface area contributed by atoms with Gasteiger partial charge in [0.25, 0.3) is 0 Å². The molecule has 0 spiro atoms. The highest BCUT2D eigenvalue weighted by Gasteiger charge is 2.09. The first-order valence-electron chi connectivity index (χ1n) is 4.96.